The Bertz CT molecular complexity index is 2200. The molecule has 0 aromatic rings. The van der Waals surface area contributed by atoms with Crippen LogP contribution in [0, 0.1) is 71.0 Å². The molecule has 4 saturated carbocycles. The fraction of sp³-hybridized carbons (Fsp3) is 1.00. The van der Waals surface area contributed by atoms with Gasteiger partial charge < -0.3 is 0 Å². The van der Waals surface area contributed by atoms with Gasteiger partial charge in [0.15, 0.2) is 39.3 Å². The van der Waals surface area contributed by atoms with Crippen molar-refractivity contribution in [2.45, 2.75) is 305 Å². The maximum Gasteiger partial charge on any atom is 0.153 e. The molecular formula is C64H120N8O8S4. The second-order valence-corrected chi connectivity index (χ2v) is 38.5. The monoisotopic (exact) mass is 1260 g/mol. The summed E-state index contributed by atoms with van der Waals surface area (Å²) in [6.45, 7) is 17.2. The molecule has 9 aliphatic rings. The second-order valence-electron chi connectivity index (χ2n) is 29.2. The molecule has 9 rings (SSSR count). The number of hydrogen-bond acceptors (Lipinski definition) is 16. The molecule has 5 saturated heterocycles. The molecule has 0 amide bonds. The van der Waals surface area contributed by atoms with Gasteiger partial charge in [-0.1, -0.05) is 132 Å². The minimum atomic E-state index is -3.40. The zero-order chi connectivity index (χ0) is 60.1. The van der Waals surface area contributed by atoms with Crippen molar-refractivity contribution in [2.24, 2.45) is 71.0 Å². The van der Waals surface area contributed by atoms with Gasteiger partial charge in [0.1, 0.15) is 0 Å². The van der Waals surface area contributed by atoms with Crippen LogP contribution < -0.4 is 42.5 Å². The van der Waals surface area contributed by atoms with E-state index < -0.39 is 60.3 Å². The standard InChI is InChI=1S/C64H120N8O8S4/c1-9-17-21-41(13-5)37-81(73,74)45-25-29-49-53(33-45)61-65-57(49)70-62-55-35-47(83(77,78)39-43(15-7)23-19-11-3)27-31-51(55)59(67-62)72-64-56-36-48(84(79,80)40-44(16-8)24-20-12-4)28-32-52(56)60(68-64)71-63-54-34-46(26-30-50(54)58(66-63)69-61)82(75,76)38-42(14-6)22-18-10-2/h41-72H,9-40H2,1-8H3. The van der Waals surface area contributed by atoms with E-state index in [1.165, 1.54) is 0 Å². The summed E-state index contributed by atoms with van der Waals surface area (Å²) in [6, 6.07) is 0. The number of sulfone groups is 4. The Labute approximate surface area is 512 Å². The van der Waals surface area contributed by atoms with Crippen molar-refractivity contribution < 1.29 is 33.7 Å². The van der Waals surface area contributed by atoms with Crippen molar-refractivity contribution in [3.63, 3.8) is 0 Å². The van der Waals surface area contributed by atoms with Gasteiger partial charge in [0.2, 0.25) is 0 Å². The van der Waals surface area contributed by atoms with Crippen LogP contribution in [0.3, 0.4) is 0 Å². The number of rotatable bonds is 28. The Hall–Kier alpha value is -0.520. The van der Waals surface area contributed by atoms with E-state index in [4.69, 9.17) is 0 Å². The van der Waals surface area contributed by atoms with Gasteiger partial charge in [0.25, 0.3) is 0 Å². The van der Waals surface area contributed by atoms with Gasteiger partial charge in [-0.15, -0.1) is 0 Å². The highest BCUT2D eigenvalue weighted by molar-refractivity contribution is 7.92. The zero-order valence-electron chi connectivity index (χ0n) is 53.4. The molecule has 5 aliphatic heterocycles. The summed E-state index contributed by atoms with van der Waals surface area (Å²) in [6.07, 6.45) is 21.6. The smallest absolute Gasteiger partial charge is 0.153 e. The first-order chi connectivity index (χ1) is 40.2. The van der Waals surface area contributed by atoms with E-state index in [0.29, 0.717) is 51.4 Å². The van der Waals surface area contributed by atoms with Crippen molar-refractivity contribution >= 4 is 39.3 Å². The van der Waals surface area contributed by atoms with Gasteiger partial charge in [-0.2, -0.15) is 0 Å². The highest BCUT2D eigenvalue weighted by Gasteiger charge is 2.58. The quantitative estimate of drug-likeness (QED) is 0.0365. The Balaban J connectivity index is 1.06. The largest absolute Gasteiger partial charge is 0.286 e. The molecule has 0 aromatic heterocycles. The number of unbranched alkanes of at least 4 members (excludes halogenated alkanes) is 4. The number of hydrogen-bond donors (Lipinski definition) is 8. The minimum Gasteiger partial charge on any atom is -0.286 e. The predicted molar refractivity (Wildman–Crippen MR) is 342 cm³/mol. The average Bonchev–Trinajstić information content (AvgIpc) is 2.06. The van der Waals surface area contributed by atoms with E-state index in [0.717, 1.165) is 128 Å². The molecule has 16 atom stereocenters. The summed E-state index contributed by atoms with van der Waals surface area (Å²) < 4.78 is 117. The molecule has 4 aliphatic carbocycles. The van der Waals surface area contributed by atoms with E-state index in [1.807, 2.05) is 0 Å². The van der Waals surface area contributed by atoms with E-state index >= 15 is 0 Å². The Morgan fingerprint density at radius 2 is 0.452 bits per heavy atom. The van der Waals surface area contributed by atoms with Crippen LogP contribution in [0.2, 0.25) is 0 Å². The van der Waals surface area contributed by atoms with Crippen molar-refractivity contribution in [3.8, 4) is 0 Å². The van der Waals surface area contributed by atoms with Gasteiger partial charge in [-0.3, -0.25) is 42.5 Å². The molecule has 0 radical (unpaired) electrons. The SMILES string of the molecule is CCCCC(CC)CS(=O)(=O)C1CCC2C3NC(NC4NC(NC5NC(NC6NC(N3)C3CC(S(=O)(=O)CC(CC)CCCC)CCC63)C3CC(S(=O)(=O)CC(CC)CCCC)CCC53)C3CC(S(=O)(=O)CC(CC)CCCC)CCC43)C2C1. The first-order valence-corrected chi connectivity index (χ1v) is 42.0. The summed E-state index contributed by atoms with van der Waals surface area (Å²) >= 11 is 0. The lowest BCUT2D eigenvalue weighted by atomic mass is 9.76. The number of nitrogens with one attached hydrogen (secondary N) is 8. The van der Waals surface area contributed by atoms with Gasteiger partial charge >= 0.3 is 0 Å². The maximum absolute atomic E-state index is 14.6. The Morgan fingerprint density at radius 3 is 0.619 bits per heavy atom. The topological polar surface area (TPSA) is 233 Å². The summed E-state index contributed by atoms with van der Waals surface area (Å²) in [4.78, 5) is 0. The van der Waals surface area contributed by atoms with Crippen LogP contribution in [0.1, 0.15) is 235 Å². The molecular weight excluding hydrogens is 1140 g/mol. The van der Waals surface area contributed by atoms with Crippen LogP contribution in [0.25, 0.3) is 0 Å². The van der Waals surface area contributed by atoms with E-state index in [9.17, 15) is 33.7 Å². The first-order valence-electron chi connectivity index (χ1n) is 35.1. The van der Waals surface area contributed by atoms with Crippen molar-refractivity contribution in [3.05, 3.63) is 0 Å². The molecule has 9 fully saturated rings. The van der Waals surface area contributed by atoms with Crippen molar-refractivity contribution in [2.75, 3.05) is 23.0 Å². The van der Waals surface area contributed by atoms with E-state index in [2.05, 4.69) is 97.9 Å². The summed E-state index contributed by atoms with van der Waals surface area (Å²) in [5.74, 6) is 2.04. The Morgan fingerprint density at radius 1 is 0.274 bits per heavy atom. The third-order valence-electron chi connectivity index (χ3n) is 24.0. The third-order valence-corrected chi connectivity index (χ3v) is 33.5. The van der Waals surface area contributed by atoms with Crippen LogP contribution >= 0.6 is 0 Å². The lowest BCUT2D eigenvalue weighted by Gasteiger charge is -2.39. The third kappa shape index (κ3) is 15.7. The second kappa shape index (κ2) is 29.8. The normalized spacial score (nSPS) is 39.6. The lowest BCUT2D eigenvalue weighted by molar-refractivity contribution is 0.169. The molecule has 16 unspecified atom stereocenters. The molecule has 5 heterocycles. The van der Waals surface area contributed by atoms with Crippen LogP contribution in [0.4, 0.5) is 0 Å². The van der Waals surface area contributed by atoms with Crippen molar-refractivity contribution in [1.82, 2.24) is 42.5 Å². The fourth-order valence-electron chi connectivity index (χ4n) is 18.6. The number of fused-ring (bicyclic) bond motifs is 20. The predicted octanol–water partition coefficient (Wildman–Crippen LogP) is 9.04. The molecule has 16 nitrogen and oxygen atoms in total. The Kier molecular flexibility index (Phi) is 24.1. The molecule has 20 heteroatoms. The van der Waals surface area contributed by atoms with E-state index in [1.54, 1.807) is 0 Å². The molecule has 0 aromatic carbocycles. The van der Waals surface area contributed by atoms with Gasteiger partial charge in [0.05, 0.1) is 93.3 Å². The van der Waals surface area contributed by atoms with Crippen LogP contribution in [0.15, 0.2) is 0 Å². The maximum atomic E-state index is 14.6. The molecule has 8 bridgehead atoms. The molecule has 84 heavy (non-hydrogen) atoms. The van der Waals surface area contributed by atoms with Crippen LogP contribution in [0.5, 0.6) is 0 Å². The molecule has 488 valence electrons. The highest BCUT2D eigenvalue weighted by atomic mass is 32.2. The molecule has 0 spiro atoms. The average molecular weight is 1260 g/mol. The zero-order valence-corrected chi connectivity index (χ0v) is 56.6. The molecule has 8 N–H and O–H groups in total. The lowest BCUT2D eigenvalue weighted by Crippen LogP contribution is -2.61. The van der Waals surface area contributed by atoms with E-state index in [-0.39, 0.29) is 143 Å². The van der Waals surface area contributed by atoms with Gasteiger partial charge in [0, 0.05) is 0 Å². The van der Waals surface area contributed by atoms with Crippen LogP contribution in [-0.2, 0) is 39.3 Å². The minimum absolute atomic E-state index is 0.00403. The highest BCUT2D eigenvalue weighted by Crippen LogP contribution is 2.49. The van der Waals surface area contributed by atoms with Crippen LogP contribution in [-0.4, -0.2) is 127 Å². The summed E-state index contributed by atoms with van der Waals surface area (Å²) in [5, 5.41) is 31.3. The fourth-order valence-corrected chi connectivity index (χ4v) is 28.0. The van der Waals surface area contributed by atoms with Gasteiger partial charge in [-0.25, -0.2) is 33.7 Å². The summed E-state index contributed by atoms with van der Waals surface area (Å²) in [5.41, 5.74) is 0. The summed E-state index contributed by atoms with van der Waals surface area (Å²) in [7, 11) is -13.6. The van der Waals surface area contributed by atoms with Crippen molar-refractivity contribution in [1.29, 1.82) is 0 Å². The van der Waals surface area contributed by atoms with Gasteiger partial charge in [-0.05, 0) is 174 Å². The first kappa shape index (κ1) is 67.9.